The fourth-order valence-electron chi connectivity index (χ4n) is 1.65. The highest BCUT2D eigenvalue weighted by molar-refractivity contribution is 5.94. The van der Waals surface area contributed by atoms with Crippen molar-refractivity contribution in [2.45, 2.75) is 13.5 Å². The molecule has 0 amide bonds. The normalized spacial score (nSPS) is 10.4. The Bertz CT molecular complexity index is 654. The van der Waals surface area contributed by atoms with E-state index in [1.807, 2.05) is 0 Å². The minimum atomic E-state index is -1.02. The van der Waals surface area contributed by atoms with E-state index in [0.29, 0.717) is 0 Å². The quantitative estimate of drug-likeness (QED) is 0.794. The first-order valence-corrected chi connectivity index (χ1v) is 5.85. The van der Waals surface area contributed by atoms with Crippen molar-refractivity contribution in [3.8, 4) is 5.75 Å². The third kappa shape index (κ3) is 2.99. The molecule has 0 aliphatic carbocycles. The first-order chi connectivity index (χ1) is 9.49. The van der Waals surface area contributed by atoms with Crippen LogP contribution < -0.4 is 4.74 Å². The molecule has 0 aliphatic heterocycles. The van der Waals surface area contributed by atoms with E-state index in [2.05, 4.69) is 0 Å². The second-order valence-corrected chi connectivity index (χ2v) is 4.20. The summed E-state index contributed by atoms with van der Waals surface area (Å²) in [6.45, 7) is 1.01. The van der Waals surface area contributed by atoms with E-state index in [1.165, 1.54) is 31.2 Å². The third-order valence-electron chi connectivity index (χ3n) is 2.75. The average Bonchev–Trinajstić information content (AvgIpc) is 2.41. The lowest BCUT2D eigenvalue weighted by molar-refractivity contribution is 0.101. The zero-order valence-electron chi connectivity index (χ0n) is 10.6. The SMILES string of the molecule is CC(=O)c1ccc(OCc2cccc(F)c2F)c(F)c1. The van der Waals surface area contributed by atoms with Gasteiger partial charge in [-0.15, -0.1) is 0 Å². The van der Waals surface area contributed by atoms with Gasteiger partial charge in [-0.1, -0.05) is 12.1 Å². The van der Waals surface area contributed by atoms with Gasteiger partial charge >= 0.3 is 0 Å². The number of hydrogen-bond donors (Lipinski definition) is 0. The lowest BCUT2D eigenvalue weighted by Gasteiger charge is -2.09. The van der Waals surface area contributed by atoms with Gasteiger partial charge in [0.2, 0.25) is 0 Å². The summed E-state index contributed by atoms with van der Waals surface area (Å²) in [7, 11) is 0. The smallest absolute Gasteiger partial charge is 0.165 e. The van der Waals surface area contributed by atoms with Crippen molar-refractivity contribution in [2.75, 3.05) is 0 Å². The Balaban J connectivity index is 2.15. The number of halogens is 3. The van der Waals surface area contributed by atoms with Gasteiger partial charge in [0.15, 0.2) is 29.0 Å². The Morgan fingerprint density at radius 3 is 2.50 bits per heavy atom. The highest BCUT2D eigenvalue weighted by Gasteiger charge is 2.11. The molecular weight excluding hydrogens is 269 g/mol. The van der Waals surface area contributed by atoms with Gasteiger partial charge in [0.05, 0.1) is 0 Å². The number of ether oxygens (including phenoxy) is 1. The first kappa shape index (κ1) is 14.1. The van der Waals surface area contributed by atoms with Gasteiger partial charge in [0.25, 0.3) is 0 Å². The average molecular weight is 280 g/mol. The summed E-state index contributed by atoms with van der Waals surface area (Å²) >= 11 is 0. The Labute approximate surface area is 113 Å². The van der Waals surface area contributed by atoms with Crippen molar-refractivity contribution in [1.29, 1.82) is 0 Å². The second-order valence-electron chi connectivity index (χ2n) is 4.20. The molecule has 0 fully saturated rings. The Hall–Kier alpha value is -2.30. The van der Waals surface area contributed by atoms with Gasteiger partial charge < -0.3 is 4.74 Å². The van der Waals surface area contributed by atoms with Crippen molar-refractivity contribution in [2.24, 2.45) is 0 Å². The van der Waals surface area contributed by atoms with Crippen LogP contribution in [0, 0.1) is 17.5 Å². The molecule has 0 unspecified atom stereocenters. The van der Waals surface area contributed by atoms with E-state index < -0.39 is 17.5 Å². The number of rotatable bonds is 4. The van der Waals surface area contributed by atoms with Crippen LogP contribution in [0.5, 0.6) is 5.75 Å². The van der Waals surface area contributed by atoms with Crippen molar-refractivity contribution < 1.29 is 22.7 Å². The van der Waals surface area contributed by atoms with Crippen LogP contribution in [0.25, 0.3) is 0 Å². The predicted molar refractivity (Wildman–Crippen MR) is 67.1 cm³/mol. The molecule has 2 aromatic rings. The summed E-state index contributed by atoms with van der Waals surface area (Å²) in [6.07, 6.45) is 0. The molecular formula is C15H11F3O2. The maximum absolute atomic E-state index is 13.6. The molecule has 2 rings (SSSR count). The highest BCUT2D eigenvalue weighted by Crippen LogP contribution is 2.21. The van der Waals surface area contributed by atoms with E-state index in [9.17, 15) is 18.0 Å². The molecule has 0 aliphatic rings. The van der Waals surface area contributed by atoms with Crippen LogP contribution in [0.1, 0.15) is 22.8 Å². The van der Waals surface area contributed by atoms with E-state index >= 15 is 0 Å². The van der Waals surface area contributed by atoms with Crippen LogP contribution in [-0.4, -0.2) is 5.78 Å². The van der Waals surface area contributed by atoms with Crippen molar-refractivity contribution in [3.63, 3.8) is 0 Å². The molecule has 20 heavy (non-hydrogen) atoms. The summed E-state index contributed by atoms with van der Waals surface area (Å²) in [5.74, 6) is -3.13. The Morgan fingerprint density at radius 2 is 1.85 bits per heavy atom. The van der Waals surface area contributed by atoms with Gasteiger partial charge in [0.1, 0.15) is 6.61 Å². The van der Waals surface area contributed by atoms with Gasteiger partial charge in [-0.25, -0.2) is 13.2 Å². The summed E-state index contributed by atoms with van der Waals surface area (Å²) in [4.78, 5) is 11.1. The molecule has 0 N–H and O–H groups in total. The monoisotopic (exact) mass is 280 g/mol. The maximum Gasteiger partial charge on any atom is 0.165 e. The third-order valence-corrected chi connectivity index (χ3v) is 2.75. The molecule has 5 heteroatoms. The van der Waals surface area contributed by atoms with Crippen LogP contribution in [0.15, 0.2) is 36.4 Å². The van der Waals surface area contributed by atoms with Gasteiger partial charge in [-0.3, -0.25) is 4.79 Å². The molecule has 104 valence electrons. The summed E-state index contributed by atoms with van der Waals surface area (Å²) in [5.41, 5.74) is 0.201. The number of carbonyl (C=O) groups is 1. The van der Waals surface area contributed by atoms with E-state index in [4.69, 9.17) is 4.74 Å². The lowest BCUT2D eigenvalue weighted by atomic mass is 10.1. The van der Waals surface area contributed by atoms with E-state index in [1.54, 1.807) is 0 Å². The minimum absolute atomic E-state index is 0.0138. The van der Waals surface area contributed by atoms with Crippen LogP contribution in [0.4, 0.5) is 13.2 Å². The van der Waals surface area contributed by atoms with Crippen molar-refractivity contribution in [3.05, 3.63) is 65.0 Å². The summed E-state index contributed by atoms with van der Waals surface area (Å²) < 4.78 is 45.1. The maximum atomic E-state index is 13.6. The van der Waals surface area contributed by atoms with Crippen LogP contribution in [0.2, 0.25) is 0 Å². The first-order valence-electron chi connectivity index (χ1n) is 5.85. The number of Topliss-reactive ketones (excluding diaryl/α,β-unsaturated/α-hetero) is 1. The molecule has 0 saturated carbocycles. The molecule has 0 aromatic heterocycles. The number of hydrogen-bond acceptors (Lipinski definition) is 2. The van der Waals surface area contributed by atoms with E-state index in [-0.39, 0.29) is 29.3 Å². The fraction of sp³-hybridized carbons (Fsp3) is 0.133. The van der Waals surface area contributed by atoms with Crippen LogP contribution in [0.3, 0.4) is 0 Å². The topological polar surface area (TPSA) is 26.3 Å². The zero-order chi connectivity index (χ0) is 14.7. The second kappa shape index (κ2) is 5.77. The largest absolute Gasteiger partial charge is 0.486 e. The summed E-state index contributed by atoms with van der Waals surface area (Å²) in [6, 6.07) is 7.40. The minimum Gasteiger partial charge on any atom is -0.486 e. The Kier molecular flexibility index (Phi) is 4.08. The number of carbonyl (C=O) groups excluding carboxylic acids is 1. The summed E-state index contributed by atoms with van der Waals surface area (Å²) in [5, 5.41) is 0. The van der Waals surface area contributed by atoms with Gasteiger partial charge in [-0.2, -0.15) is 0 Å². The van der Waals surface area contributed by atoms with E-state index in [0.717, 1.165) is 12.1 Å². The zero-order valence-corrected chi connectivity index (χ0v) is 10.6. The van der Waals surface area contributed by atoms with Gasteiger partial charge in [0, 0.05) is 11.1 Å². The Morgan fingerprint density at radius 1 is 1.10 bits per heavy atom. The highest BCUT2D eigenvalue weighted by atomic mass is 19.2. The van der Waals surface area contributed by atoms with Crippen molar-refractivity contribution >= 4 is 5.78 Å². The van der Waals surface area contributed by atoms with Crippen LogP contribution >= 0.6 is 0 Å². The molecule has 0 radical (unpaired) electrons. The van der Waals surface area contributed by atoms with Crippen molar-refractivity contribution in [1.82, 2.24) is 0 Å². The molecule has 0 heterocycles. The molecule has 0 saturated heterocycles. The van der Waals surface area contributed by atoms with Crippen LogP contribution in [-0.2, 0) is 6.61 Å². The predicted octanol–water partition coefficient (Wildman–Crippen LogP) is 3.89. The fourth-order valence-corrected chi connectivity index (χ4v) is 1.65. The molecule has 0 spiro atoms. The lowest BCUT2D eigenvalue weighted by Crippen LogP contribution is -2.02. The number of benzene rings is 2. The molecule has 2 aromatic carbocycles. The van der Waals surface area contributed by atoms with Gasteiger partial charge in [-0.05, 0) is 31.2 Å². The molecule has 0 bridgehead atoms. The standard InChI is InChI=1S/C15H11F3O2/c1-9(19)10-5-6-14(13(17)7-10)20-8-11-3-2-4-12(16)15(11)18/h2-7H,8H2,1H3. The number of ketones is 1. The molecule has 0 atom stereocenters. The molecule has 2 nitrogen and oxygen atoms in total.